The highest BCUT2D eigenvalue weighted by molar-refractivity contribution is 7.62. The molecule has 2 aromatic carbocycles. The Balaban J connectivity index is 2.13. The topological polar surface area (TPSA) is 72.9 Å². The molecule has 0 spiro atoms. The van der Waals surface area contributed by atoms with E-state index in [0.717, 1.165) is 17.5 Å². The average Bonchev–Trinajstić information content (AvgIpc) is 3.02. The second-order valence-corrected chi connectivity index (χ2v) is 9.55. The van der Waals surface area contributed by atoms with Crippen LogP contribution >= 0.6 is 7.60 Å². The van der Waals surface area contributed by atoms with Crippen LogP contribution in [0.5, 0.6) is 0 Å². The van der Waals surface area contributed by atoms with Crippen LogP contribution in [-0.4, -0.2) is 25.0 Å². The van der Waals surface area contributed by atoms with Crippen molar-refractivity contribution in [3.8, 4) is 0 Å². The third-order valence-electron chi connectivity index (χ3n) is 5.68. The number of rotatable bonds is 9. The van der Waals surface area contributed by atoms with Gasteiger partial charge < -0.3 is 9.05 Å². The van der Waals surface area contributed by atoms with Crippen LogP contribution in [-0.2, 0) is 20.0 Å². The monoisotopic (exact) mass is 443 g/mol. The standard InChI is InChI=1S/C24H30NO5P/c1-6-16(5)19-12-10-11-17(7-2)22(19)25-23(26)20-14-13-18(15-21(20)24(25)27)31(28,29-8-3)30-9-4/h10-16H,6-9H2,1-5H3. The molecule has 0 aliphatic carbocycles. The number of hydrogen-bond acceptors (Lipinski definition) is 5. The summed E-state index contributed by atoms with van der Waals surface area (Å²) in [6, 6.07) is 10.5. The molecule has 31 heavy (non-hydrogen) atoms. The van der Waals surface area contributed by atoms with Gasteiger partial charge in [-0.1, -0.05) is 39.0 Å². The maximum absolute atomic E-state index is 13.5. The zero-order valence-electron chi connectivity index (χ0n) is 18.8. The highest BCUT2D eigenvalue weighted by Gasteiger charge is 2.40. The Labute approximate surface area is 184 Å². The van der Waals surface area contributed by atoms with E-state index in [2.05, 4.69) is 13.8 Å². The van der Waals surface area contributed by atoms with E-state index >= 15 is 0 Å². The maximum Gasteiger partial charge on any atom is 0.361 e. The van der Waals surface area contributed by atoms with Crippen molar-refractivity contribution in [3.05, 3.63) is 58.7 Å². The fourth-order valence-corrected chi connectivity index (χ4v) is 5.51. The molecule has 0 N–H and O–H groups in total. The molecule has 3 rings (SSSR count). The van der Waals surface area contributed by atoms with Gasteiger partial charge in [0.05, 0.1) is 35.3 Å². The summed E-state index contributed by atoms with van der Waals surface area (Å²) >= 11 is 0. The molecule has 166 valence electrons. The maximum atomic E-state index is 13.5. The van der Waals surface area contributed by atoms with Crippen molar-refractivity contribution in [2.24, 2.45) is 0 Å². The Hall–Kier alpha value is -2.27. The Morgan fingerprint density at radius 3 is 2.16 bits per heavy atom. The summed E-state index contributed by atoms with van der Waals surface area (Å²) in [5, 5.41) is 0.281. The Bertz CT molecular complexity index is 1040. The Morgan fingerprint density at radius 1 is 0.935 bits per heavy atom. The van der Waals surface area contributed by atoms with Crippen LogP contribution in [0.4, 0.5) is 5.69 Å². The minimum Gasteiger partial charge on any atom is -0.305 e. The first-order valence-corrected chi connectivity index (χ1v) is 12.4. The van der Waals surface area contributed by atoms with E-state index in [1.54, 1.807) is 26.0 Å². The summed E-state index contributed by atoms with van der Waals surface area (Å²) in [4.78, 5) is 28.1. The Kier molecular flexibility index (Phi) is 7.15. The van der Waals surface area contributed by atoms with E-state index in [1.807, 2.05) is 25.1 Å². The number of carbonyl (C=O) groups excluding carboxylic acids is 2. The third kappa shape index (κ3) is 4.12. The molecule has 0 bridgehead atoms. The molecule has 1 aliphatic rings. The van der Waals surface area contributed by atoms with Crippen molar-refractivity contribution in [2.75, 3.05) is 18.1 Å². The summed E-state index contributed by atoms with van der Waals surface area (Å²) < 4.78 is 24.0. The predicted octanol–water partition coefficient (Wildman–Crippen LogP) is 5.45. The zero-order chi connectivity index (χ0) is 22.8. The van der Waals surface area contributed by atoms with Crippen LogP contribution in [0.25, 0.3) is 0 Å². The minimum absolute atomic E-state index is 0.192. The molecule has 0 saturated heterocycles. The summed E-state index contributed by atoms with van der Waals surface area (Å²) in [7, 11) is -3.57. The number of nitrogens with zero attached hydrogens (tertiary/aromatic N) is 1. The van der Waals surface area contributed by atoms with Gasteiger partial charge in [0.1, 0.15) is 0 Å². The van der Waals surface area contributed by atoms with E-state index < -0.39 is 13.5 Å². The van der Waals surface area contributed by atoms with Crippen LogP contribution in [0, 0.1) is 0 Å². The van der Waals surface area contributed by atoms with Gasteiger partial charge in [0, 0.05) is 0 Å². The van der Waals surface area contributed by atoms with Crippen molar-refractivity contribution in [2.45, 2.75) is 53.4 Å². The van der Waals surface area contributed by atoms with Gasteiger partial charge in [-0.2, -0.15) is 0 Å². The molecule has 0 aromatic heterocycles. The van der Waals surface area contributed by atoms with Gasteiger partial charge in [0.25, 0.3) is 11.8 Å². The largest absolute Gasteiger partial charge is 0.361 e. The summed E-state index contributed by atoms with van der Waals surface area (Å²) in [5.41, 5.74) is 3.12. The van der Waals surface area contributed by atoms with Crippen molar-refractivity contribution in [3.63, 3.8) is 0 Å². The molecule has 1 unspecified atom stereocenters. The first-order chi connectivity index (χ1) is 14.8. The van der Waals surface area contributed by atoms with Crippen LogP contribution in [0.15, 0.2) is 36.4 Å². The number of fused-ring (bicyclic) bond motifs is 1. The molecule has 1 heterocycles. The van der Waals surface area contributed by atoms with Gasteiger partial charge in [-0.25, -0.2) is 4.90 Å². The van der Waals surface area contributed by atoms with Crippen LogP contribution in [0.2, 0.25) is 0 Å². The van der Waals surface area contributed by atoms with Gasteiger partial charge >= 0.3 is 7.60 Å². The highest BCUT2D eigenvalue weighted by atomic mass is 31.2. The molecule has 1 aliphatic heterocycles. The number of imide groups is 1. The number of carbonyl (C=O) groups is 2. The molecule has 7 heteroatoms. The molecule has 2 amide bonds. The number of benzene rings is 2. The van der Waals surface area contributed by atoms with Crippen LogP contribution < -0.4 is 10.2 Å². The second kappa shape index (κ2) is 9.47. The molecule has 1 atom stereocenters. The van der Waals surface area contributed by atoms with E-state index in [1.165, 1.54) is 11.0 Å². The van der Waals surface area contributed by atoms with E-state index in [9.17, 15) is 14.2 Å². The highest BCUT2D eigenvalue weighted by Crippen LogP contribution is 2.47. The van der Waals surface area contributed by atoms with E-state index in [4.69, 9.17) is 9.05 Å². The third-order valence-corrected chi connectivity index (χ3v) is 7.79. The molecular formula is C24H30NO5P. The number of aryl methyl sites for hydroxylation is 1. The quantitative estimate of drug-likeness (QED) is 0.380. The van der Waals surface area contributed by atoms with Gasteiger partial charge in [-0.05, 0) is 61.9 Å². The number of amides is 2. The molecule has 6 nitrogen and oxygen atoms in total. The van der Waals surface area contributed by atoms with Gasteiger partial charge in [-0.3, -0.25) is 14.2 Å². The van der Waals surface area contributed by atoms with Crippen molar-refractivity contribution < 1.29 is 23.2 Å². The zero-order valence-corrected chi connectivity index (χ0v) is 19.7. The van der Waals surface area contributed by atoms with Gasteiger partial charge in [-0.15, -0.1) is 0 Å². The number of hydrogen-bond donors (Lipinski definition) is 0. The first-order valence-electron chi connectivity index (χ1n) is 10.9. The lowest BCUT2D eigenvalue weighted by Crippen LogP contribution is -2.31. The minimum atomic E-state index is -3.57. The van der Waals surface area contributed by atoms with Crippen LogP contribution in [0.1, 0.15) is 78.8 Å². The van der Waals surface area contributed by atoms with Crippen LogP contribution in [0.3, 0.4) is 0 Å². The first kappa shape index (κ1) is 23.4. The molecule has 2 aromatic rings. The van der Waals surface area contributed by atoms with Gasteiger partial charge in [0.15, 0.2) is 0 Å². The fraction of sp³-hybridized carbons (Fsp3) is 0.417. The fourth-order valence-electron chi connectivity index (χ4n) is 3.92. The van der Waals surface area contributed by atoms with E-state index in [-0.39, 0.29) is 35.9 Å². The molecule has 0 radical (unpaired) electrons. The average molecular weight is 443 g/mol. The lowest BCUT2D eigenvalue weighted by Gasteiger charge is -2.24. The second-order valence-electron chi connectivity index (χ2n) is 7.53. The predicted molar refractivity (Wildman–Crippen MR) is 123 cm³/mol. The van der Waals surface area contributed by atoms with Crippen molar-refractivity contribution >= 4 is 30.4 Å². The Morgan fingerprint density at radius 2 is 1.58 bits per heavy atom. The smallest absolute Gasteiger partial charge is 0.305 e. The summed E-state index contributed by atoms with van der Waals surface area (Å²) in [6.07, 6.45) is 1.58. The summed E-state index contributed by atoms with van der Waals surface area (Å²) in [5.74, 6) is -0.580. The number of para-hydroxylation sites is 1. The SMILES string of the molecule is CCOP(=O)(OCC)c1ccc2c(c1)C(=O)N(c1c(CC)cccc1C(C)CC)C2=O. The van der Waals surface area contributed by atoms with E-state index in [0.29, 0.717) is 17.7 Å². The van der Waals surface area contributed by atoms with Crippen molar-refractivity contribution in [1.82, 2.24) is 0 Å². The molecule has 0 saturated carbocycles. The normalized spacial score (nSPS) is 14.8. The lowest BCUT2D eigenvalue weighted by molar-refractivity contribution is 0.0925. The summed E-state index contributed by atoms with van der Waals surface area (Å²) in [6.45, 7) is 10.1. The lowest BCUT2D eigenvalue weighted by atomic mass is 9.93. The van der Waals surface area contributed by atoms with Gasteiger partial charge in [0.2, 0.25) is 0 Å². The number of anilines is 1. The van der Waals surface area contributed by atoms with Crippen molar-refractivity contribution in [1.29, 1.82) is 0 Å². The molecular weight excluding hydrogens is 413 g/mol. The molecule has 0 fully saturated rings.